The highest BCUT2D eigenvalue weighted by atomic mass is 79.9. The number of rotatable bonds is 6. The van der Waals surface area contributed by atoms with Crippen molar-refractivity contribution in [2.24, 2.45) is 7.05 Å². The summed E-state index contributed by atoms with van der Waals surface area (Å²) >= 11 is 3.56. The maximum absolute atomic E-state index is 5.69. The summed E-state index contributed by atoms with van der Waals surface area (Å²) in [5.41, 5.74) is 3.38. The van der Waals surface area contributed by atoms with Crippen LogP contribution in [0.4, 0.5) is 0 Å². The van der Waals surface area contributed by atoms with Gasteiger partial charge in [0.1, 0.15) is 12.4 Å². The first-order chi connectivity index (χ1) is 9.58. The summed E-state index contributed by atoms with van der Waals surface area (Å²) in [5, 5.41) is 7.73. The number of nitrogens with one attached hydrogen (secondary N) is 1. The molecule has 4 nitrogen and oxygen atoms in total. The first-order valence-electron chi connectivity index (χ1n) is 6.66. The van der Waals surface area contributed by atoms with Crippen molar-refractivity contribution in [3.63, 3.8) is 0 Å². The van der Waals surface area contributed by atoms with Gasteiger partial charge in [0, 0.05) is 20.1 Å². The minimum Gasteiger partial charge on any atom is -0.492 e. The predicted octanol–water partition coefficient (Wildman–Crippen LogP) is 2.97. The molecule has 108 valence electrons. The van der Waals surface area contributed by atoms with Crippen molar-refractivity contribution in [1.29, 1.82) is 0 Å². The molecule has 0 saturated heterocycles. The SMILES string of the molecule is Cc1cccc(OCCNCc2c(Br)c(C)nn2C)c1. The maximum atomic E-state index is 5.69. The van der Waals surface area contributed by atoms with E-state index in [-0.39, 0.29) is 0 Å². The first-order valence-corrected chi connectivity index (χ1v) is 7.45. The second-order valence-corrected chi connectivity index (χ2v) is 5.60. The van der Waals surface area contributed by atoms with Gasteiger partial charge < -0.3 is 10.1 Å². The van der Waals surface area contributed by atoms with Gasteiger partial charge in [-0.3, -0.25) is 4.68 Å². The lowest BCUT2D eigenvalue weighted by atomic mass is 10.2. The van der Waals surface area contributed by atoms with Crippen LogP contribution >= 0.6 is 15.9 Å². The molecule has 0 fully saturated rings. The van der Waals surface area contributed by atoms with E-state index >= 15 is 0 Å². The fourth-order valence-electron chi connectivity index (χ4n) is 2.03. The topological polar surface area (TPSA) is 39.1 Å². The van der Waals surface area contributed by atoms with E-state index in [4.69, 9.17) is 4.74 Å². The maximum Gasteiger partial charge on any atom is 0.119 e. The molecule has 0 spiro atoms. The monoisotopic (exact) mass is 337 g/mol. The van der Waals surface area contributed by atoms with E-state index < -0.39 is 0 Å². The molecule has 0 saturated carbocycles. The third kappa shape index (κ3) is 3.84. The minimum atomic E-state index is 0.651. The number of aromatic nitrogens is 2. The minimum absolute atomic E-state index is 0.651. The lowest BCUT2D eigenvalue weighted by molar-refractivity contribution is 0.312. The molecule has 0 unspecified atom stereocenters. The number of benzene rings is 1. The Hall–Kier alpha value is -1.33. The van der Waals surface area contributed by atoms with Crippen LogP contribution < -0.4 is 10.1 Å². The Morgan fingerprint density at radius 2 is 2.15 bits per heavy atom. The van der Waals surface area contributed by atoms with Crippen molar-refractivity contribution < 1.29 is 4.74 Å². The average Bonchev–Trinajstić information content (AvgIpc) is 2.64. The molecule has 5 heteroatoms. The van der Waals surface area contributed by atoms with Crippen LogP contribution in [0.15, 0.2) is 28.7 Å². The third-order valence-electron chi connectivity index (χ3n) is 3.09. The molecule has 0 aliphatic carbocycles. The van der Waals surface area contributed by atoms with E-state index in [2.05, 4.69) is 39.3 Å². The number of hydrogen-bond acceptors (Lipinski definition) is 3. The molecule has 0 atom stereocenters. The molecule has 0 aliphatic rings. The van der Waals surface area contributed by atoms with Crippen molar-refractivity contribution in [3.05, 3.63) is 45.7 Å². The van der Waals surface area contributed by atoms with Crippen LogP contribution in [0.2, 0.25) is 0 Å². The predicted molar refractivity (Wildman–Crippen MR) is 84.0 cm³/mol. The Kier molecular flexibility index (Phi) is 5.20. The van der Waals surface area contributed by atoms with E-state index in [1.807, 2.05) is 36.9 Å². The fraction of sp³-hybridized carbons (Fsp3) is 0.400. The molecular weight excluding hydrogens is 318 g/mol. The van der Waals surface area contributed by atoms with Gasteiger partial charge in [0.15, 0.2) is 0 Å². The molecule has 0 amide bonds. The number of hydrogen-bond donors (Lipinski definition) is 1. The molecule has 1 aromatic carbocycles. The molecule has 2 rings (SSSR count). The first kappa shape index (κ1) is 15.1. The standard InChI is InChI=1S/C15H20BrN3O/c1-11-5-4-6-13(9-11)20-8-7-17-10-14-15(16)12(2)18-19(14)3/h4-6,9,17H,7-8,10H2,1-3H3. The summed E-state index contributed by atoms with van der Waals surface area (Å²) in [5.74, 6) is 0.921. The van der Waals surface area contributed by atoms with E-state index in [1.165, 1.54) is 5.56 Å². The highest BCUT2D eigenvalue weighted by molar-refractivity contribution is 9.10. The summed E-state index contributed by atoms with van der Waals surface area (Å²) in [6.45, 7) is 6.28. The highest BCUT2D eigenvalue weighted by Gasteiger charge is 2.09. The van der Waals surface area contributed by atoms with E-state index in [1.54, 1.807) is 0 Å². The fourth-order valence-corrected chi connectivity index (χ4v) is 2.50. The van der Waals surface area contributed by atoms with Crippen LogP contribution in [0, 0.1) is 13.8 Å². The number of halogens is 1. The van der Waals surface area contributed by atoms with Gasteiger partial charge in [-0.1, -0.05) is 12.1 Å². The van der Waals surface area contributed by atoms with E-state index in [0.29, 0.717) is 6.61 Å². The van der Waals surface area contributed by atoms with Gasteiger partial charge in [-0.2, -0.15) is 5.10 Å². The molecule has 1 aromatic heterocycles. The van der Waals surface area contributed by atoms with Gasteiger partial charge in [-0.05, 0) is 47.5 Å². The molecule has 1 N–H and O–H groups in total. The second-order valence-electron chi connectivity index (χ2n) is 4.81. The largest absolute Gasteiger partial charge is 0.492 e. The summed E-state index contributed by atoms with van der Waals surface area (Å²) in [6, 6.07) is 8.09. The van der Waals surface area contributed by atoms with Crippen LogP contribution in [-0.4, -0.2) is 22.9 Å². The van der Waals surface area contributed by atoms with Gasteiger partial charge in [0.2, 0.25) is 0 Å². The van der Waals surface area contributed by atoms with E-state index in [0.717, 1.165) is 34.7 Å². The van der Waals surface area contributed by atoms with E-state index in [9.17, 15) is 0 Å². The zero-order valence-corrected chi connectivity index (χ0v) is 13.7. The normalized spacial score (nSPS) is 10.8. The van der Waals surface area contributed by atoms with Gasteiger partial charge >= 0.3 is 0 Å². The Balaban J connectivity index is 1.74. The van der Waals surface area contributed by atoms with Crippen molar-refractivity contribution >= 4 is 15.9 Å². The smallest absolute Gasteiger partial charge is 0.119 e. The molecule has 2 aromatic rings. The average molecular weight is 338 g/mol. The van der Waals surface area contributed by atoms with Crippen LogP contribution in [0.25, 0.3) is 0 Å². The Labute approximate surface area is 128 Å². The van der Waals surface area contributed by atoms with Crippen LogP contribution in [-0.2, 0) is 13.6 Å². The molecule has 0 aliphatic heterocycles. The molecular formula is C15H20BrN3O. The molecule has 20 heavy (non-hydrogen) atoms. The molecule has 1 heterocycles. The van der Waals surface area contributed by atoms with Crippen LogP contribution in [0.5, 0.6) is 5.75 Å². The Morgan fingerprint density at radius 1 is 1.35 bits per heavy atom. The van der Waals surface area contributed by atoms with Gasteiger partial charge in [0.05, 0.1) is 15.9 Å². The summed E-state index contributed by atoms with van der Waals surface area (Å²) in [6.07, 6.45) is 0. The van der Waals surface area contributed by atoms with Gasteiger partial charge in [0.25, 0.3) is 0 Å². The molecule has 0 bridgehead atoms. The number of aryl methyl sites for hydroxylation is 3. The highest BCUT2D eigenvalue weighted by Crippen LogP contribution is 2.19. The lowest BCUT2D eigenvalue weighted by Gasteiger charge is -2.08. The van der Waals surface area contributed by atoms with Crippen molar-refractivity contribution in [2.45, 2.75) is 20.4 Å². The Morgan fingerprint density at radius 3 is 2.80 bits per heavy atom. The van der Waals surface area contributed by atoms with Crippen LogP contribution in [0.3, 0.4) is 0 Å². The third-order valence-corrected chi connectivity index (χ3v) is 4.12. The summed E-state index contributed by atoms with van der Waals surface area (Å²) in [7, 11) is 1.96. The Bertz CT molecular complexity index is 580. The zero-order chi connectivity index (χ0) is 14.5. The van der Waals surface area contributed by atoms with Crippen molar-refractivity contribution in [1.82, 2.24) is 15.1 Å². The van der Waals surface area contributed by atoms with Gasteiger partial charge in [-0.15, -0.1) is 0 Å². The number of ether oxygens (including phenoxy) is 1. The van der Waals surface area contributed by atoms with Gasteiger partial charge in [-0.25, -0.2) is 0 Å². The summed E-state index contributed by atoms with van der Waals surface area (Å²) < 4.78 is 8.67. The second kappa shape index (κ2) is 6.90. The summed E-state index contributed by atoms with van der Waals surface area (Å²) in [4.78, 5) is 0. The van der Waals surface area contributed by atoms with Crippen LogP contribution in [0.1, 0.15) is 17.0 Å². The van der Waals surface area contributed by atoms with Crippen molar-refractivity contribution in [3.8, 4) is 5.75 Å². The van der Waals surface area contributed by atoms with Crippen molar-refractivity contribution in [2.75, 3.05) is 13.2 Å². The quantitative estimate of drug-likeness (QED) is 0.823. The zero-order valence-electron chi connectivity index (χ0n) is 12.1. The lowest BCUT2D eigenvalue weighted by Crippen LogP contribution is -2.22. The number of nitrogens with zero attached hydrogens (tertiary/aromatic N) is 2. The molecule has 0 radical (unpaired) electrons.